The van der Waals surface area contributed by atoms with Crippen LogP contribution in [0.3, 0.4) is 0 Å². The minimum absolute atomic E-state index is 0.286. The van der Waals surface area contributed by atoms with Crippen molar-refractivity contribution in [3.63, 3.8) is 0 Å². The molecule has 0 aromatic heterocycles. The Kier molecular flexibility index (Phi) is 2.25. The van der Waals surface area contributed by atoms with Crippen molar-refractivity contribution in [3.05, 3.63) is 24.5 Å². The van der Waals surface area contributed by atoms with Crippen molar-refractivity contribution >= 4 is 0 Å². The Balaban J connectivity index is 2.24. The van der Waals surface area contributed by atoms with Crippen LogP contribution < -0.4 is 0 Å². The van der Waals surface area contributed by atoms with Gasteiger partial charge in [0.25, 0.3) is 0 Å². The van der Waals surface area contributed by atoms with Crippen molar-refractivity contribution < 1.29 is 4.74 Å². The molecule has 1 heteroatoms. The lowest BCUT2D eigenvalue weighted by Crippen LogP contribution is -2.55. The summed E-state index contributed by atoms with van der Waals surface area (Å²) in [6.45, 7) is 13.7. The van der Waals surface area contributed by atoms with Crippen LogP contribution in [0.15, 0.2) is 24.5 Å². The van der Waals surface area contributed by atoms with Crippen LogP contribution in [0.5, 0.6) is 0 Å². The minimum Gasteiger partial charge on any atom is -0.494 e. The Morgan fingerprint density at radius 3 is 2.60 bits per heavy atom. The zero-order chi connectivity index (χ0) is 11.3. The van der Waals surface area contributed by atoms with Gasteiger partial charge < -0.3 is 4.74 Å². The topological polar surface area (TPSA) is 9.23 Å². The molecule has 0 heterocycles. The fourth-order valence-corrected chi connectivity index (χ4v) is 3.54. The number of ether oxygens (including phenoxy) is 1. The van der Waals surface area contributed by atoms with Gasteiger partial charge in [0.15, 0.2) is 0 Å². The van der Waals surface area contributed by atoms with E-state index in [1.165, 1.54) is 12.2 Å². The maximum atomic E-state index is 5.80. The first-order chi connectivity index (χ1) is 6.89. The summed E-state index contributed by atoms with van der Waals surface area (Å²) in [7, 11) is 0. The Morgan fingerprint density at radius 2 is 2.13 bits per heavy atom. The van der Waals surface area contributed by atoms with Gasteiger partial charge in [-0.05, 0) is 29.2 Å². The second-order valence-electron chi connectivity index (χ2n) is 6.13. The Morgan fingerprint density at radius 1 is 1.47 bits per heavy atom. The number of rotatable bonds is 3. The van der Waals surface area contributed by atoms with Gasteiger partial charge in [-0.15, -0.1) is 0 Å². The largest absolute Gasteiger partial charge is 0.494 e. The van der Waals surface area contributed by atoms with E-state index in [-0.39, 0.29) is 5.41 Å². The van der Waals surface area contributed by atoms with E-state index >= 15 is 0 Å². The Labute approximate surface area is 93.2 Å². The molecule has 3 aliphatic rings. The molecule has 3 rings (SSSR count). The molecule has 2 atom stereocenters. The molecule has 3 aliphatic carbocycles. The third kappa shape index (κ3) is 1.44. The lowest BCUT2D eigenvalue weighted by atomic mass is 9.44. The van der Waals surface area contributed by atoms with Crippen LogP contribution in [0, 0.1) is 22.7 Å². The zero-order valence-electron chi connectivity index (χ0n) is 10.3. The highest BCUT2D eigenvalue weighted by Gasteiger charge is 2.58. The molecule has 0 amide bonds. The molecule has 0 aromatic rings. The van der Waals surface area contributed by atoms with Crippen molar-refractivity contribution in [2.45, 2.75) is 34.1 Å². The highest BCUT2D eigenvalue weighted by Crippen LogP contribution is 2.65. The van der Waals surface area contributed by atoms with Crippen LogP contribution in [0.2, 0.25) is 0 Å². The number of fused-ring (bicyclic) bond motifs is 1. The average Bonchev–Trinajstić information content (AvgIpc) is 2.11. The summed E-state index contributed by atoms with van der Waals surface area (Å²) in [5.41, 5.74) is 0.698. The second kappa shape index (κ2) is 3.13. The van der Waals surface area contributed by atoms with Crippen LogP contribution in [0.4, 0.5) is 0 Å². The average molecular weight is 206 g/mol. The molecule has 15 heavy (non-hydrogen) atoms. The van der Waals surface area contributed by atoms with Crippen molar-refractivity contribution in [1.29, 1.82) is 0 Å². The maximum Gasteiger partial charge on any atom is 0.106 e. The molecule has 0 aromatic carbocycles. The van der Waals surface area contributed by atoms with Crippen LogP contribution in [-0.4, -0.2) is 6.61 Å². The fourth-order valence-electron chi connectivity index (χ4n) is 3.54. The highest BCUT2D eigenvalue weighted by molar-refractivity contribution is 5.25. The van der Waals surface area contributed by atoms with E-state index in [1.807, 2.05) is 6.08 Å². The van der Waals surface area contributed by atoms with Crippen molar-refractivity contribution in [2.75, 3.05) is 6.61 Å². The maximum absolute atomic E-state index is 5.80. The minimum atomic E-state index is 0.286. The molecule has 1 fully saturated rings. The van der Waals surface area contributed by atoms with Gasteiger partial charge in [0, 0.05) is 5.92 Å². The van der Waals surface area contributed by atoms with E-state index in [2.05, 4.69) is 40.3 Å². The third-order valence-electron chi connectivity index (χ3n) is 4.39. The molecule has 1 nitrogen and oxygen atoms in total. The molecule has 0 radical (unpaired) electrons. The number of allylic oxidation sites excluding steroid dienone is 2. The summed E-state index contributed by atoms with van der Waals surface area (Å²) < 4.78 is 5.80. The molecule has 0 saturated heterocycles. The zero-order valence-corrected chi connectivity index (χ0v) is 10.3. The monoisotopic (exact) mass is 206 g/mol. The normalized spacial score (nSPS) is 35.1. The van der Waals surface area contributed by atoms with Gasteiger partial charge in [0.2, 0.25) is 0 Å². The third-order valence-corrected chi connectivity index (χ3v) is 4.39. The van der Waals surface area contributed by atoms with Crippen LogP contribution in [0.25, 0.3) is 0 Å². The van der Waals surface area contributed by atoms with Gasteiger partial charge in [0.1, 0.15) is 6.61 Å². The van der Waals surface area contributed by atoms with E-state index in [1.54, 1.807) is 0 Å². The predicted octanol–water partition coefficient (Wildman–Crippen LogP) is 3.78. The molecule has 84 valence electrons. The van der Waals surface area contributed by atoms with E-state index in [0.717, 1.165) is 5.92 Å². The molecule has 0 N–H and O–H groups in total. The molecule has 1 saturated carbocycles. The van der Waals surface area contributed by atoms with E-state index < -0.39 is 0 Å². The van der Waals surface area contributed by atoms with Crippen molar-refractivity contribution in [3.8, 4) is 0 Å². The SMILES string of the molecule is C=CCOC1=CC(C)(C)[C@H]2C[C@H]1C2(C)C. The molecule has 0 unspecified atom stereocenters. The summed E-state index contributed by atoms with van der Waals surface area (Å²) in [6, 6.07) is 0. The standard InChI is InChI=1S/C14H22O/c1-6-7-15-11-9-13(2,3)12-8-10(11)14(12,4)5/h6,9-10,12H,1,7-8H2,2-5H3/t10-,12-/m1/s1. The van der Waals surface area contributed by atoms with Gasteiger partial charge in [-0.3, -0.25) is 0 Å². The Hall–Kier alpha value is -0.720. The molecule has 0 spiro atoms. The first-order valence-electron chi connectivity index (χ1n) is 5.86. The van der Waals surface area contributed by atoms with E-state index in [0.29, 0.717) is 17.9 Å². The molecular formula is C14H22O. The molecule has 2 bridgehead atoms. The number of hydrogen-bond acceptors (Lipinski definition) is 1. The van der Waals surface area contributed by atoms with Crippen LogP contribution >= 0.6 is 0 Å². The Bertz CT molecular complexity index is 309. The van der Waals surface area contributed by atoms with Gasteiger partial charge >= 0.3 is 0 Å². The van der Waals surface area contributed by atoms with Crippen molar-refractivity contribution in [1.82, 2.24) is 0 Å². The smallest absolute Gasteiger partial charge is 0.106 e. The van der Waals surface area contributed by atoms with Gasteiger partial charge in [-0.2, -0.15) is 0 Å². The highest BCUT2D eigenvalue weighted by atomic mass is 16.5. The van der Waals surface area contributed by atoms with Crippen LogP contribution in [0.1, 0.15) is 34.1 Å². The molecular weight excluding hydrogens is 184 g/mol. The first-order valence-corrected chi connectivity index (χ1v) is 5.86. The predicted molar refractivity (Wildman–Crippen MR) is 63.4 cm³/mol. The number of hydrogen-bond donors (Lipinski definition) is 0. The van der Waals surface area contributed by atoms with E-state index in [4.69, 9.17) is 4.74 Å². The van der Waals surface area contributed by atoms with Gasteiger partial charge in [0.05, 0.1) is 5.76 Å². The van der Waals surface area contributed by atoms with Crippen molar-refractivity contribution in [2.24, 2.45) is 22.7 Å². The molecule has 0 aliphatic heterocycles. The summed E-state index contributed by atoms with van der Waals surface area (Å²) in [6.07, 6.45) is 5.45. The summed E-state index contributed by atoms with van der Waals surface area (Å²) in [5.74, 6) is 2.65. The van der Waals surface area contributed by atoms with Crippen LogP contribution in [-0.2, 0) is 4.74 Å². The summed E-state index contributed by atoms with van der Waals surface area (Å²) in [5, 5.41) is 0. The lowest BCUT2D eigenvalue weighted by molar-refractivity contribution is -0.0993. The van der Waals surface area contributed by atoms with Gasteiger partial charge in [-0.25, -0.2) is 0 Å². The summed E-state index contributed by atoms with van der Waals surface area (Å²) in [4.78, 5) is 0. The summed E-state index contributed by atoms with van der Waals surface area (Å²) >= 11 is 0. The van der Waals surface area contributed by atoms with Gasteiger partial charge in [-0.1, -0.05) is 40.3 Å². The second-order valence-corrected chi connectivity index (χ2v) is 6.13. The fraction of sp³-hybridized carbons (Fsp3) is 0.714. The quantitative estimate of drug-likeness (QED) is 0.639. The first kappa shape index (κ1) is 10.8. The lowest BCUT2D eigenvalue weighted by Gasteiger charge is -2.61. The van der Waals surface area contributed by atoms with E-state index in [9.17, 15) is 0 Å².